The molecule has 3 nitrogen and oxygen atoms in total. The second-order valence-electron chi connectivity index (χ2n) is 10.6. The Bertz CT molecular complexity index is 1210. The maximum Gasteiger partial charge on any atom is 0.255 e. The molecule has 7 rings (SSSR count). The van der Waals surface area contributed by atoms with Crippen LogP contribution in [0.1, 0.15) is 65.6 Å². The van der Waals surface area contributed by atoms with Gasteiger partial charge in [-0.3, -0.25) is 4.79 Å². The predicted molar refractivity (Wildman–Crippen MR) is 130 cm³/mol. The normalized spacial score (nSPS) is 29.4. The Labute approximate surface area is 195 Å². The SMILES string of the molecule is N#Cc1ccc(C23CC4CC(C2)CC(c2ccc(NC(=O)c5ccccc5)cc2)(C4)C3)cc1. The van der Waals surface area contributed by atoms with E-state index in [2.05, 4.69) is 47.8 Å². The quantitative estimate of drug-likeness (QED) is 0.505. The fourth-order valence-electron chi connectivity index (χ4n) is 7.54. The summed E-state index contributed by atoms with van der Waals surface area (Å²) in [5.74, 6) is 1.48. The van der Waals surface area contributed by atoms with Gasteiger partial charge in [-0.2, -0.15) is 5.26 Å². The summed E-state index contributed by atoms with van der Waals surface area (Å²) < 4.78 is 0. The Balaban J connectivity index is 1.27. The van der Waals surface area contributed by atoms with Crippen LogP contribution in [0.4, 0.5) is 5.69 Å². The van der Waals surface area contributed by atoms with Gasteiger partial charge in [-0.05, 0) is 109 Å². The highest BCUT2D eigenvalue weighted by molar-refractivity contribution is 6.04. The molecule has 1 amide bonds. The van der Waals surface area contributed by atoms with Gasteiger partial charge >= 0.3 is 0 Å². The first kappa shape index (κ1) is 20.2. The summed E-state index contributed by atoms with van der Waals surface area (Å²) in [6.07, 6.45) is 7.67. The Kier molecular flexibility index (Phi) is 4.66. The first-order chi connectivity index (χ1) is 16.1. The molecule has 4 aliphatic carbocycles. The van der Waals surface area contributed by atoms with E-state index in [0.717, 1.165) is 23.1 Å². The standard InChI is InChI=1S/C30H28N2O/c31-19-21-6-8-25(9-7-21)29-15-22-14-23(16-29)18-30(17-22,20-29)26-10-12-27(13-11-26)32-28(33)24-4-2-1-3-5-24/h1-13,22-23H,14-18,20H2,(H,32,33). The molecule has 3 aromatic carbocycles. The van der Waals surface area contributed by atoms with Gasteiger partial charge in [0.1, 0.15) is 0 Å². The number of nitriles is 1. The molecule has 0 saturated heterocycles. The van der Waals surface area contributed by atoms with Crippen molar-refractivity contribution in [3.05, 3.63) is 101 Å². The van der Waals surface area contributed by atoms with Gasteiger partial charge in [0.15, 0.2) is 0 Å². The molecule has 1 N–H and O–H groups in total. The number of carbonyl (C=O) groups is 1. The summed E-state index contributed by atoms with van der Waals surface area (Å²) in [4.78, 5) is 12.5. The molecule has 0 radical (unpaired) electrons. The lowest BCUT2D eigenvalue weighted by Crippen LogP contribution is -2.55. The molecule has 0 aromatic heterocycles. The van der Waals surface area contributed by atoms with Crippen LogP contribution in [-0.2, 0) is 10.8 Å². The minimum Gasteiger partial charge on any atom is -0.322 e. The Hall–Kier alpha value is -3.38. The highest BCUT2D eigenvalue weighted by Gasteiger charge is 2.58. The van der Waals surface area contributed by atoms with Crippen molar-refractivity contribution in [1.29, 1.82) is 5.26 Å². The number of hydrogen-bond acceptors (Lipinski definition) is 2. The Morgan fingerprint density at radius 3 is 1.88 bits per heavy atom. The van der Waals surface area contributed by atoms with Crippen molar-refractivity contribution in [3.63, 3.8) is 0 Å². The van der Waals surface area contributed by atoms with Crippen LogP contribution in [0.25, 0.3) is 0 Å². The van der Waals surface area contributed by atoms with Crippen LogP contribution in [0.5, 0.6) is 0 Å². The maximum atomic E-state index is 12.5. The number of nitrogens with one attached hydrogen (secondary N) is 1. The van der Waals surface area contributed by atoms with Crippen LogP contribution < -0.4 is 5.32 Å². The zero-order valence-corrected chi connectivity index (χ0v) is 18.8. The monoisotopic (exact) mass is 432 g/mol. The maximum absolute atomic E-state index is 12.5. The van der Waals surface area contributed by atoms with E-state index in [0.29, 0.717) is 5.56 Å². The molecule has 2 unspecified atom stereocenters. The van der Waals surface area contributed by atoms with E-state index in [1.165, 1.54) is 49.7 Å². The minimum absolute atomic E-state index is 0.0714. The topological polar surface area (TPSA) is 52.9 Å². The van der Waals surface area contributed by atoms with E-state index >= 15 is 0 Å². The van der Waals surface area contributed by atoms with Crippen molar-refractivity contribution in [1.82, 2.24) is 0 Å². The van der Waals surface area contributed by atoms with Crippen molar-refractivity contribution >= 4 is 11.6 Å². The largest absolute Gasteiger partial charge is 0.322 e. The molecule has 4 fully saturated rings. The van der Waals surface area contributed by atoms with Crippen molar-refractivity contribution in [2.24, 2.45) is 11.8 Å². The lowest BCUT2D eigenvalue weighted by Gasteiger charge is -2.62. The Morgan fingerprint density at radius 2 is 1.33 bits per heavy atom. The summed E-state index contributed by atoms with van der Waals surface area (Å²) >= 11 is 0. The van der Waals surface area contributed by atoms with Gasteiger partial charge < -0.3 is 5.32 Å². The van der Waals surface area contributed by atoms with Crippen LogP contribution in [0, 0.1) is 23.2 Å². The molecule has 3 heteroatoms. The van der Waals surface area contributed by atoms with E-state index in [1.807, 2.05) is 42.5 Å². The predicted octanol–water partition coefficient (Wildman–Crippen LogP) is 6.60. The van der Waals surface area contributed by atoms with Crippen LogP contribution >= 0.6 is 0 Å². The van der Waals surface area contributed by atoms with Gasteiger partial charge in [0.25, 0.3) is 5.91 Å². The zero-order valence-electron chi connectivity index (χ0n) is 18.8. The second kappa shape index (κ2) is 7.59. The van der Waals surface area contributed by atoms with E-state index in [9.17, 15) is 10.1 Å². The van der Waals surface area contributed by atoms with Crippen molar-refractivity contribution < 1.29 is 4.79 Å². The highest BCUT2D eigenvalue weighted by atomic mass is 16.1. The highest BCUT2D eigenvalue weighted by Crippen LogP contribution is 2.66. The fraction of sp³-hybridized carbons (Fsp3) is 0.333. The smallest absolute Gasteiger partial charge is 0.255 e. The number of hydrogen-bond donors (Lipinski definition) is 1. The first-order valence-electron chi connectivity index (χ1n) is 12.1. The molecule has 4 saturated carbocycles. The number of rotatable bonds is 4. The molecule has 33 heavy (non-hydrogen) atoms. The molecule has 0 aliphatic heterocycles. The van der Waals surface area contributed by atoms with Gasteiger partial charge in [0, 0.05) is 11.3 Å². The van der Waals surface area contributed by atoms with Gasteiger partial charge in [-0.25, -0.2) is 0 Å². The molecule has 0 heterocycles. The number of anilines is 1. The van der Waals surface area contributed by atoms with E-state index in [4.69, 9.17) is 0 Å². The molecule has 0 spiro atoms. The third-order valence-electron chi connectivity index (χ3n) is 8.48. The summed E-state index contributed by atoms with van der Waals surface area (Å²) in [7, 11) is 0. The van der Waals surface area contributed by atoms with Crippen LogP contribution in [-0.4, -0.2) is 5.91 Å². The van der Waals surface area contributed by atoms with Crippen LogP contribution in [0.3, 0.4) is 0 Å². The third-order valence-corrected chi connectivity index (χ3v) is 8.48. The molecule has 164 valence electrons. The lowest BCUT2D eigenvalue weighted by molar-refractivity contribution is -0.0281. The Morgan fingerprint density at radius 1 is 0.788 bits per heavy atom. The van der Waals surface area contributed by atoms with Crippen molar-refractivity contribution in [3.8, 4) is 6.07 Å². The number of amides is 1. The second-order valence-corrected chi connectivity index (χ2v) is 10.6. The summed E-state index contributed by atoms with van der Waals surface area (Å²) in [5.41, 5.74) is 5.56. The van der Waals surface area contributed by atoms with Gasteiger partial charge in [0.05, 0.1) is 11.6 Å². The van der Waals surface area contributed by atoms with Gasteiger partial charge in [-0.15, -0.1) is 0 Å². The van der Waals surface area contributed by atoms with Crippen LogP contribution in [0.2, 0.25) is 0 Å². The lowest BCUT2D eigenvalue weighted by atomic mass is 9.42. The van der Waals surface area contributed by atoms with E-state index in [-0.39, 0.29) is 16.7 Å². The van der Waals surface area contributed by atoms with Gasteiger partial charge in [-0.1, -0.05) is 42.5 Å². The fourth-order valence-corrected chi connectivity index (χ4v) is 7.54. The summed E-state index contributed by atoms with van der Waals surface area (Å²) in [6.45, 7) is 0. The first-order valence-corrected chi connectivity index (χ1v) is 12.1. The number of nitrogens with zero attached hydrogens (tertiary/aromatic N) is 1. The van der Waals surface area contributed by atoms with E-state index < -0.39 is 0 Å². The average Bonchev–Trinajstić information content (AvgIpc) is 2.84. The molecular formula is C30H28N2O. The van der Waals surface area contributed by atoms with Gasteiger partial charge in [0.2, 0.25) is 0 Å². The van der Waals surface area contributed by atoms with Crippen molar-refractivity contribution in [2.45, 2.75) is 49.4 Å². The minimum atomic E-state index is -0.0714. The summed E-state index contributed by atoms with van der Waals surface area (Å²) in [5, 5.41) is 12.3. The molecule has 4 aliphatic rings. The van der Waals surface area contributed by atoms with E-state index in [1.54, 1.807) is 0 Å². The average molecular weight is 433 g/mol. The summed E-state index contributed by atoms with van der Waals surface area (Å²) in [6, 6.07) is 28.7. The number of carbonyl (C=O) groups excluding carboxylic acids is 1. The van der Waals surface area contributed by atoms with Crippen LogP contribution in [0.15, 0.2) is 78.9 Å². The molecule has 3 aromatic rings. The van der Waals surface area contributed by atoms with Crippen molar-refractivity contribution in [2.75, 3.05) is 5.32 Å². The number of benzene rings is 3. The third kappa shape index (κ3) is 3.45. The molecular weight excluding hydrogens is 404 g/mol. The zero-order chi connectivity index (χ0) is 22.5. The molecule has 2 atom stereocenters. The molecule has 4 bridgehead atoms.